The van der Waals surface area contributed by atoms with Gasteiger partial charge in [0.05, 0.1) is 11.0 Å². The SMILES string of the molecule is C1CCOC1.CC(C)(C)OC(=O)N[C@H]1CCC(C(=O)O)(C(C)(C)O)C1. The fourth-order valence-corrected chi connectivity index (χ4v) is 3.16. The first-order valence-corrected chi connectivity index (χ1v) is 8.90. The van der Waals surface area contributed by atoms with Gasteiger partial charge in [-0.25, -0.2) is 4.79 Å². The first-order chi connectivity index (χ1) is 11.4. The van der Waals surface area contributed by atoms with Gasteiger partial charge in [-0.2, -0.15) is 0 Å². The Kier molecular flexibility index (Phi) is 7.26. The summed E-state index contributed by atoms with van der Waals surface area (Å²) in [7, 11) is 0. The second-order valence-corrected chi connectivity index (χ2v) is 8.35. The van der Waals surface area contributed by atoms with Gasteiger partial charge in [0.15, 0.2) is 0 Å². The Bertz CT molecular complexity index is 454. The van der Waals surface area contributed by atoms with Gasteiger partial charge in [-0.3, -0.25) is 4.79 Å². The Morgan fingerprint density at radius 2 is 1.72 bits per heavy atom. The maximum atomic E-state index is 11.7. The van der Waals surface area contributed by atoms with Gasteiger partial charge in [-0.05, 0) is 66.7 Å². The lowest BCUT2D eigenvalue weighted by atomic mass is 9.72. The van der Waals surface area contributed by atoms with Crippen LogP contribution in [-0.4, -0.2) is 52.7 Å². The standard InChI is InChI=1S/C14H25NO5.C4H8O/c1-12(2,3)20-11(18)15-9-6-7-14(8-9,10(16)17)13(4,5)19;1-2-4-5-3-1/h9,19H,6-8H2,1-5H3,(H,15,18)(H,16,17);1-4H2/t9-,14?;/m0./s1. The number of amides is 1. The Hall–Kier alpha value is -1.34. The zero-order valence-corrected chi connectivity index (χ0v) is 16.1. The largest absolute Gasteiger partial charge is 0.481 e. The van der Waals surface area contributed by atoms with E-state index < -0.39 is 28.7 Å². The van der Waals surface area contributed by atoms with E-state index in [9.17, 15) is 19.8 Å². The second-order valence-electron chi connectivity index (χ2n) is 8.35. The maximum Gasteiger partial charge on any atom is 0.407 e. The molecule has 7 heteroatoms. The first kappa shape index (κ1) is 21.7. The van der Waals surface area contributed by atoms with Crippen molar-refractivity contribution in [3.63, 3.8) is 0 Å². The van der Waals surface area contributed by atoms with Crippen molar-refractivity contribution in [2.75, 3.05) is 13.2 Å². The lowest BCUT2D eigenvalue weighted by molar-refractivity contribution is -0.164. The highest BCUT2D eigenvalue weighted by molar-refractivity contribution is 5.77. The van der Waals surface area contributed by atoms with Crippen LogP contribution < -0.4 is 5.32 Å². The quantitative estimate of drug-likeness (QED) is 0.715. The third-order valence-electron chi connectivity index (χ3n) is 4.64. The van der Waals surface area contributed by atoms with Crippen molar-refractivity contribution in [1.29, 1.82) is 0 Å². The van der Waals surface area contributed by atoms with E-state index in [1.54, 1.807) is 20.8 Å². The summed E-state index contributed by atoms with van der Waals surface area (Å²) in [5.41, 5.74) is -3.17. The topological polar surface area (TPSA) is 105 Å². The van der Waals surface area contributed by atoms with Crippen LogP contribution in [0, 0.1) is 5.41 Å². The van der Waals surface area contributed by atoms with Crippen molar-refractivity contribution in [2.45, 2.75) is 84.0 Å². The average Bonchev–Trinajstić information content (AvgIpc) is 3.07. The number of alkyl carbamates (subject to hydrolysis) is 1. The maximum absolute atomic E-state index is 11.7. The van der Waals surface area contributed by atoms with Gasteiger partial charge in [-0.1, -0.05) is 0 Å². The van der Waals surface area contributed by atoms with E-state index in [0.29, 0.717) is 12.8 Å². The highest BCUT2D eigenvalue weighted by atomic mass is 16.6. The summed E-state index contributed by atoms with van der Waals surface area (Å²) in [6.45, 7) is 10.3. The fraction of sp³-hybridized carbons (Fsp3) is 0.889. The highest BCUT2D eigenvalue weighted by Gasteiger charge is 2.55. The van der Waals surface area contributed by atoms with Crippen LogP contribution in [0.2, 0.25) is 0 Å². The molecule has 2 fully saturated rings. The summed E-state index contributed by atoms with van der Waals surface area (Å²) in [5, 5.41) is 22.3. The molecule has 0 bridgehead atoms. The van der Waals surface area contributed by atoms with Gasteiger partial charge in [0, 0.05) is 19.3 Å². The Morgan fingerprint density at radius 3 is 2.04 bits per heavy atom. The molecule has 25 heavy (non-hydrogen) atoms. The van der Waals surface area contributed by atoms with Crippen molar-refractivity contribution < 1.29 is 29.3 Å². The average molecular weight is 359 g/mol. The number of ether oxygens (including phenoxy) is 2. The van der Waals surface area contributed by atoms with E-state index in [-0.39, 0.29) is 12.5 Å². The molecule has 1 aliphatic carbocycles. The van der Waals surface area contributed by atoms with Gasteiger partial charge < -0.3 is 25.0 Å². The number of carboxylic acids is 1. The molecule has 1 saturated heterocycles. The van der Waals surface area contributed by atoms with Crippen molar-refractivity contribution in [2.24, 2.45) is 5.41 Å². The highest BCUT2D eigenvalue weighted by Crippen LogP contribution is 2.46. The van der Waals surface area contributed by atoms with Gasteiger partial charge in [0.25, 0.3) is 0 Å². The number of carbonyl (C=O) groups is 2. The van der Waals surface area contributed by atoms with E-state index in [2.05, 4.69) is 5.32 Å². The van der Waals surface area contributed by atoms with Crippen LogP contribution in [0.4, 0.5) is 4.79 Å². The molecule has 146 valence electrons. The molecule has 2 atom stereocenters. The van der Waals surface area contributed by atoms with Crippen LogP contribution in [0.15, 0.2) is 0 Å². The molecular formula is C18H33NO6. The Labute approximate surface area is 150 Å². The Morgan fingerprint density at radius 1 is 1.16 bits per heavy atom. The summed E-state index contributed by atoms with van der Waals surface area (Å²) in [5.74, 6) is -1.03. The van der Waals surface area contributed by atoms with Crippen LogP contribution in [0.5, 0.6) is 0 Å². The minimum absolute atomic E-state index is 0.199. The van der Waals surface area contributed by atoms with Gasteiger partial charge in [0.1, 0.15) is 5.60 Å². The lowest BCUT2D eigenvalue weighted by Crippen LogP contribution is -2.49. The van der Waals surface area contributed by atoms with Crippen LogP contribution in [0.3, 0.4) is 0 Å². The van der Waals surface area contributed by atoms with Crippen LogP contribution in [-0.2, 0) is 14.3 Å². The predicted octanol–water partition coefficient (Wildman–Crippen LogP) is 2.70. The summed E-state index contributed by atoms with van der Waals surface area (Å²) in [4.78, 5) is 23.2. The third kappa shape index (κ3) is 6.47. The molecule has 0 aromatic heterocycles. The number of aliphatic hydroxyl groups is 1. The summed E-state index contributed by atoms with van der Waals surface area (Å²) >= 11 is 0. The minimum atomic E-state index is -1.34. The minimum Gasteiger partial charge on any atom is -0.481 e. The molecule has 0 aromatic rings. The monoisotopic (exact) mass is 359 g/mol. The Balaban J connectivity index is 0.000000531. The number of carbonyl (C=O) groups excluding carboxylic acids is 1. The van der Waals surface area contributed by atoms with Gasteiger partial charge in [0.2, 0.25) is 0 Å². The van der Waals surface area contributed by atoms with Crippen molar-refractivity contribution >= 4 is 12.1 Å². The molecule has 0 radical (unpaired) electrons. The van der Waals surface area contributed by atoms with E-state index in [1.807, 2.05) is 0 Å². The van der Waals surface area contributed by atoms with Crippen molar-refractivity contribution in [3.8, 4) is 0 Å². The van der Waals surface area contributed by atoms with Crippen molar-refractivity contribution in [1.82, 2.24) is 5.32 Å². The molecule has 7 nitrogen and oxygen atoms in total. The van der Waals surface area contributed by atoms with Gasteiger partial charge in [-0.15, -0.1) is 0 Å². The number of carboxylic acid groups (broad SMARTS) is 1. The molecule has 1 amide bonds. The number of hydrogen-bond acceptors (Lipinski definition) is 5. The van der Waals surface area contributed by atoms with Crippen molar-refractivity contribution in [3.05, 3.63) is 0 Å². The summed E-state index contributed by atoms with van der Waals surface area (Å²) < 4.78 is 10.1. The molecule has 1 heterocycles. The number of rotatable bonds is 3. The predicted molar refractivity (Wildman–Crippen MR) is 93.4 cm³/mol. The van der Waals surface area contributed by atoms with E-state index in [4.69, 9.17) is 9.47 Å². The molecule has 1 aliphatic heterocycles. The molecule has 1 unspecified atom stereocenters. The van der Waals surface area contributed by atoms with E-state index in [0.717, 1.165) is 13.2 Å². The normalized spacial score (nSPS) is 26.6. The zero-order valence-electron chi connectivity index (χ0n) is 16.1. The third-order valence-corrected chi connectivity index (χ3v) is 4.64. The van der Waals surface area contributed by atoms with Crippen LogP contribution in [0.25, 0.3) is 0 Å². The number of hydrogen-bond donors (Lipinski definition) is 3. The smallest absolute Gasteiger partial charge is 0.407 e. The second kappa shape index (κ2) is 8.36. The van der Waals surface area contributed by atoms with Crippen LogP contribution in [0.1, 0.15) is 66.7 Å². The fourth-order valence-electron chi connectivity index (χ4n) is 3.16. The molecule has 1 saturated carbocycles. The van der Waals surface area contributed by atoms with Crippen LogP contribution >= 0.6 is 0 Å². The first-order valence-electron chi connectivity index (χ1n) is 8.90. The summed E-state index contributed by atoms with van der Waals surface area (Å²) in [6.07, 6.45) is 3.03. The van der Waals surface area contributed by atoms with E-state index >= 15 is 0 Å². The molecule has 3 N–H and O–H groups in total. The number of nitrogens with one attached hydrogen (secondary N) is 1. The van der Waals surface area contributed by atoms with Gasteiger partial charge >= 0.3 is 12.1 Å². The lowest BCUT2D eigenvalue weighted by Gasteiger charge is -2.36. The molecule has 0 aromatic carbocycles. The molecule has 0 spiro atoms. The summed E-state index contributed by atoms with van der Waals surface area (Å²) in [6, 6.07) is -0.299. The number of aliphatic carboxylic acids is 1. The molecular weight excluding hydrogens is 326 g/mol. The zero-order chi connectivity index (χ0) is 19.3. The van der Waals surface area contributed by atoms with E-state index in [1.165, 1.54) is 26.7 Å². The molecule has 2 aliphatic rings. The molecule has 2 rings (SSSR count).